The molecule has 0 aliphatic heterocycles. The third kappa shape index (κ3) is 3.70. The van der Waals surface area contributed by atoms with Crippen LogP contribution in [0.25, 0.3) is 11.4 Å². The van der Waals surface area contributed by atoms with Crippen LogP contribution in [-0.4, -0.2) is 39.7 Å². The van der Waals surface area contributed by atoms with Crippen LogP contribution in [0.5, 0.6) is 6.01 Å². The minimum atomic E-state index is -0.728. The van der Waals surface area contributed by atoms with Gasteiger partial charge in [-0.05, 0) is 18.1 Å². The summed E-state index contributed by atoms with van der Waals surface area (Å²) in [6, 6.07) is 6.46. The summed E-state index contributed by atoms with van der Waals surface area (Å²) >= 11 is 0. The van der Waals surface area contributed by atoms with Gasteiger partial charge in [-0.15, -0.1) is 5.10 Å². The molecule has 2 aromatic rings. The Hall–Kier alpha value is -2.90. The van der Waals surface area contributed by atoms with Gasteiger partial charge in [-0.25, -0.2) is 4.68 Å². The van der Waals surface area contributed by atoms with E-state index < -0.39 is 11.9 Å². The highest BCUT2D eigenvalue weighted by atomic mass is 16.5. The Morgan fingerprint density at radius 2 is 2.04 bits per heavy atom. The van der Waals surface area contributed by atoms with Crippen LogP contribution in [-0.2, 0) is 11.8 Å². The van der Waals surface area contributed by atoms with Crippen LogP contribution in [0.3, 0.4) is 0 Å². The molecule has 3 N–H and O–H groups in total. The molecule has 8 heteroatoms. The average Bonchev–Trinajstić information content (AvgIpc) is 2.92. The van der Waals surface area contributed by atoms with Gasteiger partial charge in [-0.3, -0.25) is 9.59 Å². The molecule has 0 saturated heterocycles. The molecule has 0 saturated carbocycles. The van der Waals surface area contributed by atoms with E-state index >= 15 is 0 Å². The zero-order valence-corrected chi connectivity index (χ0v) is 14.1. The molecule has 0 spiro atoms. The molecule has 0 bridgehead atoms. The summed E-state index contributed by atoms with van der Waals surface area (Å²) in [4.78, 5) is 28.1. The predicted octanol–water partition coefficient (Wildman–Crippen LogP) is 0.730. The van der Waals surface area contributed by atoms with E-state index in [1.165, 1.54) is 11.8 Å². The molecule has 2 amide bonds. The fourth-order valence-corrected chi connectivity index (χ4v) is 2.26. The molecular weight excluding hydrogens is 310 g/mol. The summed E-state index contributed by atoms with van der Waals surface area (Å²) in [6.45, 7) is 3.63. The smallest absolute Gasteiger partial charge is 0.314 e. The molecule has 0 radical (unpaired) electrons. The highest BCUT2D eigenvalue weighted by Crippen LogP contribution is 2.19. The van der Waals surface area contributed by atoms with Crippen LogP contribution in [0.1, 0.15) is 24.2 Å². The van der Waals surface area contributed by atoms with Crippen molar-refractivity contribution >= 4 is 11.8 Å². The van der Waals surface area contributed by atoms with Crippen molar-refractivity contribution in [1.29, 1.82) is 0 Å². The van der Waals surface area contributed by atoms with Gasteiger partial charge in [0, 0.05) is 18.2 Å². The molecule has 128 valence electrons. The van der Waals surface area contributed by atoms with E-state index in [4.69, 9.17) is 10.5 Å². The molecule has 0 unspecified atom stereocenters. The number of hydrogen-bond acceptors (Lipinski definition) is 5. The van der Waals surface area contributed by atoms with Gasteiger partial charge in [0.25, 0.3) is 5.91 Å². The standard InChI is InChI=1S/C16H21N5O3/c1-9(2)12(13(17)22)18-15(23)11-7-5-6-10(8-11)14-19-16(24-4)21(3)20-14/h5-9,12H,1-4H3,(H2,17,22)(H,18,23)/t12-/m0/s1. The number of carbonyl (C=O) groups is 2. The van der Waals surface area contributed by atoms with E-state index in [0.717, 1.165) is 0 Å². The Morgan fingerprint density at radius 3 is 2.58 bits per heavy atom. The van der Waals surface area contributed by atoms with Crippen LogP contribution in [0.2, 0.25) is 0 Å². The minimum Gasteiger partial charge on any atom is -0.467 e. The van der Waals surface area contributed by atoms with Crippen LogP contribution < -0.4 is 15.8 Å². The summed E-state index contributed by atoms with van der Waals surface area (Å²) in [5.74, 6) is -0.599. The van der Waals surface area contributed by atoms with Crippen molar-refractivity contribution in [3.63, 3.8) is 0 Å². The van der Waals surface area contributed by atoms with E-state index in [1.807, 2.05) is 13.8 Å². The normalized spacial score (nSPS) is 12.0. The molecule has 8 nitrogen and oxygen atoms in total. The average molecular weight is 331 g/mol. The number of benzene rings is 1. The Morgan fingerprint density at radius 1 is 1.33 bits per heavy atom. The maximum absolute atomic E-state index is 12.4. The monoisotopic (exact) mass is 331 g/mol. The maximum atomic E-state index is 12.4. The Balaban J connectivity index is 2.26. The zero-order valence-electron chi connectivity index (χ0n) is 14.1. The number of nitrogens with two attached hydrogens (primary N) is 1. The fraction of sp³-hybridized carbons (Fsp3) is 0.375. The fourth-order valence-electron chi connectivity index (χ4n) is 2.26. The minimum absolute atomic E-state index is 0.101. The number of aryl methyl sites for hydroxylation is 1. The van der Waals surface area contributed by atoms with Crippen LogP contribution in [0, 0.1) is 5.92 Å². The molecule has 1 heterocycles. The first-order chi connectivity index (χ1) is 11.3. The van der Waals surface area contributed by atoms with Crippen molar-refractivity contribution in [3.05, 3.63) is 29.8 Å². The predicted molar refractivity (Wildman–Crippen MR) is 88.3 cm³/mol. The van der Waals surface area contributed by atoms with Gasteiger partial charge in [-0.2, -0.15) is 4.98 Å². The molecule has 0 aliphatic carbocycles. The number of carbonyl (C=O) groups excluding carboxylic acids is 2. The van der Waals surface area contributed by atoms with Gasteiger partial charge >= 0.3 is 6.01 Å². The highest BCUT2D eigenvalue weighted by Gasteiger charge is 2.22. The lowest BCUT2D eigenvalue weighted by Gasteiger charge is -2.19. The lowest BCUT2D eigenvalue weighted by atomic mass is 10.0. The number of nitrogens with zero attached hydrogens (tertiary/aromatic N) is 3. The molecular formula is C16H21N5O3. The first-order valence-electron chi connectivity index (χ1n) is 7.49. The number of nitrogens with one attached hydrogen (secondary N) is 1. The second-order valence-electron chi connectivity index (χ2n) is 5.72. The van der Waals surface area contributed by atoms with E-state index in [2.05, 4.69) is 15.4 Å². The van der Waals surface area contributed by atoms with Gasteiger partial charge < -0.3 is 15.8 Å². The molecule has 24 heavy (non-hydrogen) atoms. The number of ether oxygens (including phenoxy) is 1. The Bertz CT molecular complexity index is 754. The molecule has 0 fully saturated rings. The van der Waals surface area contributed by atoms with Crippen LogP contribution >= 0.6 is 0 Å². The molecule has 1 aromatic carbocycles. The van der Waals surface area contributed by atoms with Gasteiger partial charge in [0.05, 0.1) is 7.11 Å². The largest absolute Gasteiger partial charge is 0.467 e. The summed E-state index contributed by atoms with van der Waals surface area (Å²) in [6.07, 6.45) is 0. The quantitative estimate of drug-likeness (QED) is 0.810. The van der Waals surface area contributed by atoms with Crippen molar-refractivity contribution < 1.29 is 14.3 Å². The summed E-state index contributed by atoms with van der Waals surface area (Å²) < 4.78 is 6.59. The first kappa shape index (κ1) is 17.5. The van der Waals surface area contributed by atoms with Crippen molar-refractivity contribution in [2.24, 2.45) is 18.7 Å². The van der Waals surface area contributed by atoms with E-state index in [9.17, 15) is 9.59 Å². The number of rotatable bonds is 6. The second kappa shape index (κ2) is 7.12. The highest BCUT2D eigenvalue weighted by molar-refractivity contribution is 5.98. The van der Waals surface area contributed by atoms with Crippen LogP contribution in [0.4, 0.5) is 0 Å². The molecule has 1 aromatic heterocycles. The van der Waals surface area contributed by atoms with Crippen molar-refractivity contribution in [2.75, 3.05) is 7.11 Å². The number of methoxy groups -OCH3 is 1. The SMILES string of the molecule is COc1nc(-c2cccc(C(=O)N[C@H](C(N)=O)C(C)C)c2)nn1C. The third-order valence-electron chi connectivity index (χ3n) is 3.55. The van der Waals surface area contributed by atoms with E-state index in [0.29, 0.717) is 23.0 Å². The van der Waals surface area contributed by atoms with Gasteiger partial charge in [0.1, 0.15) is 6.04 Å². The summed E-state index contributed by atoms with van der Waals surface area (Å²) in [7, 11) is 3.22. The summed E-state index contributed by atoms with van der Waals surface area (Å²) in [5.41, 5.74) is 6.39. The van der Waals surface area contributed by atoms with Gasteiger partial charge in [0.15, 0.2) is 5.82 Å². The Labute approximate surface area is 140 Å². The number of aromatic nitrogens is 3. The van der Waals surface area contributed by atoms with Crippen molar-refractivity contribution in [3.8, 4) is 17.4 Å². The molecule has 1 atom stereocenters. The molecule has 2 rings (SSSR count). The van der Waals surface area contributed by atoms with Gasteiger partial charge in [-0.1, -0.05) is 26.0 Å². The zero-order chi connectivity index (χ0) is 17.9. The van der Waals surface area contributed by atoms with Crippen molar-refractivity contribution in [1.82, 2.24) is 20.1 Å². The number of hydrogen-bond donors (Lipinski definition) is 2. The van der Waals surface area contributed by atoms with Crippen LogP contribution in [0.15, 0.2) is 24.3 Å². The van der Waals surface area contributed by atoms with E-state index in [1.54, 1.807) is 31.3 Å². The first-order valence-corrected chi connectivity index (χ1v) is 7.49. The number of amides is 2. The topological polar surface area (TPSA) is 112 Å². The maximum Gasteiger partial charge on any atom is 0.314 e. The molecule has 0 aliphatic rings. The van der Waals surface area contributed by atoms with E-state index in [-0.39, 0.29) is 11.8 Å². The third-order valence-corrected chi connectivity index (χ3v) is 3.55. The Kier molecular flexibility index (Phi) is 5.18. The lowest BCUT2D eigenvalue weighted by molar-refractivity contribution is -0.120. The van der Waals surface area contributed by atoms with Gasteiger partial charge in [0.2, 0.25) is 5.91 Å². The van der Waals surface area contributed by atoms with Crippen molar-refractivity contribution in [2.45, 2.75) is 19.9 Å². The lowest BCUT2D eigenvalue weighted by Crippen LogP contribution is -2.47. The summed E-state index contributed by atoms with van der Waals surface area (Å²) in [5, 5.41) is 6.90. The second-order valence-corrected chi connectivity index (χ2v) is 5.72. The number of primary amides is 1.